The summed E-state index contributed by atoms with van der Waals surface area (Å²) >= 11 is 0. The van der Waals surface area contributed by atoms with Crippen LogP contribution in [-0.4, -0.2) is 134 Å². The number of hydrogen-bond donors (Lipinski definition) is 18. The fourth-order valence-corrected chi connectivity index (χ4v) is 0. The quantitative estimate of drug-likeness (QED) is 0.101. The zero-order chi connectivity index (χ0) is 21.5. The van der Waals surface area contributed by atoms with Gasteiger partial charge in [0, 0.05) is 0 Å². The number of rotatable bonds is 0. The second kappa shape index (κ2) is 488. The van der Waals surface area contributed by atoms with Crippen molar-refractivity contribution in [3.05, 3.63) is 0 Å². The van der Waals surface area contributed by atoms with Crippen LogP contribution in [0.3, 0.4) is 0 Å². The third-order valence-corrected chi connectivity index (χ3v) is 0. The first-order valence-electron chi connectivity index (χ1n) is 4.65. The summed E-state index contributed by atoms with van der Waals surface area (Å²) in [6.45, 7) is 0. The van der Waals surface area contributed by atoms with Crippen LogP contribution in [-0.2, 0) is 0 Å². The second-order valence-corrected chi connectivity index (χ2v) is 2.08. The van der Waals surface area contributed by atoms with E-state index >= 15 is 0 Å². The van der Waals surface area contributed by atoms with Crippen molar-refractivity contribution in [1.29, 1.82) is 0 Å². The van der Waals surface area contributed by atoms with Crippen LogP contribution in [0.1, 0.15) is 74.2 Å². The van der Waals surface area contributed by atoms with Crippen molar-refractivity contribution in [2.45, 2.75) is 0 Å². The first kappa shape index (κ1) is 502. The normalized spacial score (nSPS) is 2.13. The van der Waals surface area contributed by atoms with E-state index in [1.807, 2.05) is 0 Å². The third-order valence-electron chi connectivity index (χ3n) is 0. The van der Waals surface area contributed by atoms with Crippen molar-refractivity contribution >= 4 is 43.9 Å². The molecule has 0 heterocycles. The van der Waals surface area contributed by atoms with Gasteiger partial charge in [-0.2, -0.15) is 0 Å². The van der Waals surface area contributed by atoms with E-state index in [1.165, 1.54) is 0 Å². The molecule has 0 aromatic carbocycles. The molecule has 0 saturated carbocycles. The Kier molecular flexibility index (Phi) is 3230. The summed E-state index contributed by atoms with van der Waals surface area (Å²) in [5.74, 6) is 0. The summed E-state index contributed by atoms with van der Waals surface area (Å²) in [5.41, 5.74) is 0. The minimum Gasteiger partial charge on any atom is -1.00 e. The van der Waals surface area contributed by atoms with Crippen molar-refractivity contribution in [2.24, 2.45) is 0 Å². The SMILES string of the molecule is OB(O)O.OB(O)O.OB(O)O.OB(O)O.OB(O)O.OB(O)O.[H-].[H-].[H-].[H-].[H-].[H-].[H-].[H-].[H-].[H-].[H-].[H-].[H-].[H-].[H-].[H-].[H-].[H-].[H-].[H-].[H-].[H-].[H-].[H-].[H-].[H-].[H-].[H-].[H-].[H-].[H-].[H-].[H-].[H-].[H-].[H-].[H-].[H-].[H-].[H-].[H-].[H-].[H-].[H-].[H-].[H-].[H-].[H-].[H-].[H-].[H-].[H-].[Li+].[Li+].[Li+].[Li+].[Li+].[Li+].[Li+].[Li+].[Li+].[Li+].[Li+].[Li+].[Li+].[Li+].[Li+].[Li+].[Li+].[Li+].[Li+].[Li+].[Li+].[Li+].[Li+].[Li+].[Li+].[Li+].[Li+].[Li+].[Li+].[Li+].[Li+].[Li+].[Li+].[Li+].[Li+].[Li+].[Li+].[Li+].[Li+].[Li+].[Li+].[Li+].[Li+].[Li+].[Li+].[Li+].[Li+].[Li+].[Li+].[Li+].[Li+].[Li+]. The molecule has 0 unspecified atom stereocenters. The summed E-state index contributed by atoms with van der Waals surface area (Å²) in [7, 11) is -13.0. The summed E-state index contributed by atoms with van der Waals surface area (Å²) in [6.07, 6.45) is 0. The minimum absolute atomic E-state index is 0. The maximum atomic E-state index is 7.17. The molecule has 0 aromatic heterocycles. The van der Waals surface area contributed by atoms with Gasteiger partial charge in [0.15, 0.2) is 0 Å². The molecule has 0 radical (unpaired) electrons. The predicted molar refractivity (Wildman–Crippen MR) is 132 cm³/mol. The molecule has 0 aromatic rings. The Balaban J connectivity index is -0.000000000242. The molecule has 18 nitrogen and oxygen atoms in total. The van der Waals surface area contributed by atoms with Crippen LogP contribution in [0, 0.1) is 0 Å². The van der Waals surface area contributed by atoms with Gasteiger partial charge < -0.3 is 165 Å². The van der Waals surface area contributed by atoms with E-state index in [0.717, 1.165) is 0 Å². The van der Waals surface area contributed by atoms with Crippen LogP contribution < -0.4 is 981 Å². The maximum Gasteiger partial charge on any atom is 1.00 e. The first-order chi connectivity index (χ1) is 10.4. The van der Waals surface area contributed by atoms with Crippen molar-refractivity contribution in [3.63, 3.8) is 0 Å². The van der Waals surface area contributed by atoms with Crippen LogP contribution in [0.4, 0.5) is 0 Å². The van der Waals surface area contributed by atoms with E-state index in [-0.39, 0.29) is 1050 Å². The molecule has 0 amide bonds. The molecule has 0 saturated heterocycles. The molecule has 248 valence electrons. The zero-order valence-corrected chi connectivity index (χ0v) is 63.5. The fraction of sp³-hybridized carbons (Fsp3) is 0. The molecule has 0 spiro atoms. The molecule has 0 aliphatic rings. The fourth-order valence-electron chi connectivity index (χ4n) is 0. The topological polar surface area (TPSA) is 364 Å². The van der Waals surface area contributed by atoms with Crippen LogP contribution in [0.25, 0.3) is 0 Å². The molecule has 0 aliphatic carbocycles. The molecule has 0 atom stereocenters. The summed E-state index contributed by atoms with van der Waals surface area (Å²) in [6, 6.07) is 0. The molecule has 0 rings (SSSR count). The second-order valence-electron chi connectivity index (χ2n) is 2.08. The average Bonchev–Trinajstić information content (AvgIpc) is 2.08. The monoisotopic (exact) mass is 789 g/mol. The molecule has 76 heteroatoms. The Bertz CT molecular complexity index is 288. The Morgan fingerprint density at radius 2 is 0.0789 bits per heavy atom. The van der Waals surface area contributed by atoms with Gasteiger partial charge in [0.2, 0.25) is 0 Å². The van der Waals surface area contributed by atoms with Gasteiger partial charge in [0.25, 0.3) is 0 Å². The van der Waals surface area contributed by atoms with E-state index in [9.17, 15) is 0 Å². The third kappa shape index (κ3) is 1190. The Morgan fingerprint density at radius 3 is 0.0789 bits per heavy atom. The van der Waals surface area contributed by atoms with E-state index in [1.54, 1.807) is 0 Å². The Labute approximate surface area is 1160 Å². The zero-order valence-electron chi connectivity index (χ0n) is 116. The van der Waals surface area contributed by atoms with Crippen molar-refractivity contribution in [2.75, 3.05) is 0 Å². The van der Waals surface area contributed by atoms with Gasteiger partial charge in [-0.3, -0.25) is 0 Å². The van der Waals surface area contributed by atoms with Crippen molar-refractivity contribution in [3.8, 4) is 0 Å². The van der Waals surface area contributed by atoms with E-state index < -0.39 is 43.9 Å². The molecule has 0 bridgehead atoms. The van der Waals surface area contributed by atoms with E-state index in [2.05, 4.69) is 0 Å². The standard InChI is InChI=1S/6BH3O3.52Li.52H/c6*2-1(3)4;;;;;;;;;;;;;;;;;;;;;;;;;;;;;;;;;;;;;;;;;;;;;;;;;;;;;;;;;;;;;;;;;;;;;;;;;;;;;;;;;;;;;;;;;;;;;;;;;;;;;;;;/h6*2-4H;;;;;;;;;;;;;;;;;;;;;;;;;;;;;;;;;;;;;;;;;;;;;;;;;;;;;;;;;;;;;;;;;;;;;;;;;;;;;;;;;;;;;;;;;;;;;;;;;;;;;;;;/q;;;;;;52*+1;52*-1. The van der Waals surface area contributed by atoms with Gasteiger partial charge in [0.1, 0.15) is 0 Å². The molecule has 0 aliphatic heterocycles. The van der Waals surface area contributed by atoms with Gasteiger partial charge >= 0.3 is 1020 Å². The Morgan fingerprint density at radius 1 is 0.0789 bits per heavy atom. The van der Waals surface area contributed by atoms with E-state index in [4.69, 9.17) is 90.4 Å². The largest absolute Gasteiger partial charge is 1.00 e. The van der Waals surface area contributed by atoms with Gasteiger partial charge in [0.05, 0.1) is 0 Å². The molecule has 0 fully saturated rings. The van der Waals surface area contributed by atoms with Crippen LogP contribution in [0.2, 0.25) is 0 Å². The summed E-state index contributed by atoms with van der Waals surface area (Å²) in [5, 5.41) is 129. The minimum atomic E-state index is -2.17. The summed E-state index contributed by atoms with van der Waals surface area (Å²) in [4.78, 5) is 0. The molecule has 18 N–H and O–H groups in total. The number of hydrogen-bond acceptors (Lipinski definition) is 18. The van der Waals surface area contributed by atoms with Crippen LogP contribution in [0.15, 0.2) is 0 Å². The van der Waals surface area contributed by atoms with E-state index in [0.29, 0.717) is 0 Å². The van der Waals surface area contributed by atoms with Crippen LogP contribution in [0.5, 0.6) is 0 Å². The van der Waals surface area contributed by atoms with Crippen molar-refractivity contribution in [1.82, 2.24) is 0 Å². The molecular formula is H70B6Li52O18. The molecule has 76 heavy (non-hydrogen) atoms. The maximum absolute atomic E-state index is 7.17. The smallest absolute Gasteiger partial charge is 1.00 e. The summed E-state index contributed by atoms with van der Waals surface area (Å²) < 4.78 is 0. The van der Waals surface area contributed by atoms with Gasteiger partial charge in [-0.1, -0.05) is 0 Å². The van der Waals surface area contributed by atoms with Gasteiger partial charge in [-0.05, 0) is 0 Å². The van der Waals surface area contributed by atoms with Gasteiger partial charge in [-0.25, -0.2) is 0 Å². The van der Waals surface area contributed by atoms with Crippen LogP contribution >= 0.6 is 0 Å². The van der Waals surface area contributed by atoms with Gasteiger partial charge in [-0.15, -0.1) is 0 Å². The average molecular weight is 784 g/mol. The molecular weight excluding hydrogens is 714 g/mol. The van der Waals surface area contributed by atoms with Crippen molar-refractivity contribution < 1.29 is 1150 Å². The Hall–Kier alpha value is 30.7. The predicted octanol–water partition coefficient (Wildman–Crippen LogP) is -162. The first-order valence-corrected chi connectivity index (χ1v) is 4.65.